The van der Waals surface area contributed by atoms with E-state index in [9.17, 15) is 22.8 Å². The SMILES string of the molecule is COC(=O)c1ccc(C2(NC(=O)C3C4CC4CN3Cc3ccc(C(F)(F)F)cc3)CC2)cc1. The van der Waals surface area contributed by atoms with E-state index < -0.39 is 23.2 Å². The first-order chi connectivity index (χ1) is 15.7. The van der Waals surface area contributed by atoms with Gasteiger partial charge >= 0.3 is 12.1 Å². The highest BCUT2D eigenvalue weighted by molar-refractivity contribution is 5.89. The average Bonchev–Trinajstić information content (AvgIpc) is 3.71. The number of likely N-dealkylation sites (tertiary alicyclic amines) is 1. The van der Waals surface area contributed by atoms with Gasteiger partial charge < -0.3 is 10.1 Å². The summed E-state index contributed by atoms with van der Waals surface area (Å²) in [6.45, 7) is 1.23. The first-order valence-corrected chi connectivity index (χ1v) is 11.1. The number of esters is 1. The van der Waals surface area contributed by atoms with Gasteiger partial charge in [-0.05, 0) is 66.5 Å². The number of rotatable bonds is 6. The largest absolute Gasteiger partial charge is 0.465 e. The lowest BCUT2D eigenvalue weighted by atomic mass is 10.0. The minimum absolute atomic E-state index is 0.0264. The quantitative estimate of drug-likeness (QED) is 0.662. The summed E-state index contributed by atoms with van der Waals surface area (Å²) in [6.07, 6.45) is -1.68. The molecule has 0 radical (unpaired) electrons. The normalized spacial score (nSPS) is 25.3. The van der Waals surface area contributed by atoms with Gasteiger partial charge in [-0.3, -0.25) is 9.69 Å². The number of nitrogens with zero attached hydrogens (tertiary/aromatic N) is 1. The summed E-state index contributed by atoms with van der Waals surface area (Å²) in [5, 5.41) is 3.24. The second kappa shape index (κ2) is 7.87. The van der Waals surface area contributed by atoms with Gasteiger partial charge in [0, 0.05) is 13.1 Å². The molecule has 5 nitrogen and oxygen atoms in total. The van der Waals surface area contributed by atoms with Gasteiger partial charge in [0.2, 0.25) is 5.91 Å². The van der Waals surface area contributed by atoms with E-state index in [-0.39, 0.29) is 11.9 Å². The van der Waals surface area contributed by atoms with E-state index >= 15 is 0 Å². The molecule has 0 spiro atoms. The number of piperidine rings is 1. The molecular formula is C25H25F3N2O3. The van der Waals surface area contributed by atoms with Crippen molar-refractivity contribution in [1.82, 2.24) is 10.2 Å². The number of alkyl halides is 3. The molecule has 3 atom stereocenters. The molecule has 33 heavy (non-hydrogen) atoms. The number of fused-ring (bicyclic) bond motifs is 1. The van der Waals surface area contributed by atoms with Crippen molar-refractivity contribution in [3.63, 3.8) is 0 Å². The first-order valence-electron chi connectivity index (χ1n) is 11.1. The lowest BCUT2D eigenvalue weighted by Crippen LogP contribution is -2.48. The maximum atomic E-state index is 13.3. The number of nitrogens with one attached hydrogen (secondary N) is 1. The summed E-state index contributed by atoms with van der Waals surface area (Å²) in [5.74, 6) is 0.350. The second-order valence-electron chi connectivity index (χ2n) is 9.37. The minimum atomic E-state index is -4.36. The molecule has 3 aliphatic rings. The van der Waals surface area contributed by atoms with Gasteiger partial charge in [-0.1, -0.05) is 24.3 Å². The molecule has 1 saturated heterocycles. The molecule has 3 unspecified atom stereocenters. The van der Waals surface area contributed by atoms with E-state index in [0.717, 1.165) is 49.1 Å². The Bertz CT molecular complexity index is 1060. The van der Waals surface area contributed by atoms with E-state index in [1.165, 1.54) is 19.2 Å². The number of amides is 1. The number of halogens is 3. The summed E-state index contributed by atoms with van der Waals surface area (Å²) in [4.78, 5) is 27.1. The smallest absolute Gasteiger partial charge is 0.416 e. The first kappa shape index (κ1) is 21.9. The van der Waals surface area contributed by atoms with Gasteiger partial charge in [-0.2, -0.15) is 13.2 Å². The molecular weight excluding hydrogens is 433 g/mol. The van der Waals surface area contributed by atoms with Crippen molar-refractivity contribution in [2.45, 2.75) is 43.6 Å². The Kier molecular flexibility index (Phi) is 5.23. The van der Waals surface area contributed by atoms with Crippen molar-refractivity contribution in [1.29, 1.82) is 0 Å². The van der Waals surface area contributed by atoms with Crippen LogP contribution in [0.25, 0.3) is 0 Å². The summed E-state index contributed by atoms with van der Waals surface area (Å²) >= 11 is 0. The van der Waals surface area contributed by atoms with Gasteiger partial charge in [0.25, 0.3) is 0 Å². The van der Waals surface area contributed by atoms with Crippen molar-refractivity contribution in [2.75, 3.05) is 13.7 Å². The molecule has 1 aliphatic heterocycles. The second-order valence-corrected chi connectivity index (χ2v) is 9.37. The number of methoxy groups -OCH3 is 1. The highest BCUT2D eigenvalue weighted by Gasteiger charge is 2.57. The Balaban J connectivity index is 1.27. The Hall–Kier alpha value is -2.87. The molecule has 174 valence electrons. The Morgan fingerprint density at radius 1 is 1.09 bits per heavy atom. The third-order valence-corrected chi connectivity index (χ3v) is 7.15. The molecule has 3 fully saturated rings. The molecule has 1 amide bonds. The third-order valence-electron chi connectivity index (χ3n) is 7.15. The fraction of sp³-hybridized carbons (Fsp3) is 0.440. The molecule has 0 aromatic heterocycles. The Morgan fingerprint density at radius 2 is 1.76 bits per heavy atom. The topological polar surface area (TPSA) is 58.6 Å². The highest BCUT2D eigenvalue weighted by Crippen LogP contribution is 2.51. The molecule has 8 heteroatoms. The Morgan fingerprint density at radius 3 is 2.33 bits per heavy atom. The summed E-state index contributed by atoms with van der Waals surface area (Å²) in [7, 11) is 1.34. The van der Waals surface area contributed by atoms with Gasteiger partial charge in [-0.25, -0.2) is 4.79 Å². The lowest BCUT2D eigenvalue weighted by Gasteiger charge is -2.29. The molecule has 2 aliphatic carbocycles. The van der Waals surface area contributed by atoms with Crippen LogP contribution in [0.5, 0.6) is 0 Å². The minimum Gasteiger partial charge on any atom is -0.465 e. The number of carbonyl (C=O) groups is 2. The number of benzene rings is 2. The van der Waals surface area contributed by atoms with Crippen LogP contribution in [0.15, 0.2) is 48.5 Å². The van der Waals surface area contributed by atoms with Gasteiger partial charge in [0.15, 0.2) is 0 Å². The summed E-state index contributed by atoms with van der Waals surface area (Å²) in [6, 6.07) is 12.0. The summed E-state index contributed by atoms with van der Waals surface area (Å²) < 4.78 is 43.3. The Labute approximate surface area is 189 Å². The molecule has 2 aromatic carbocycles. The zero-order chi connectivity index (χ0) is 23.4. The van der Waals surface area contributed by atoms with E-state index in [0.29, 0.717) is 23.9 Å². The molecule has 2 saturated carbocycles. The molecule has 5 rings (SSSR count). The van der Waals surface area contributed by atoms with Crippen molar-refractivity contribution in [3.05, 3.63) is 70.8 Å². The fourth-order valence-electron chi connectivity index (χ4n) is 5.07. The number of hydrogen-bond donors (Lipinski definition) is 1. The van der Waals surface area contributed by atoms with Gasteiger partial charge in [0.05, 0.1) is 29.8 Å². The van der Waals surface area contributed by atoms with Crippen LogP contribution in [-0.2, 0) is 27.8 Å². The van der Waals surface area contributed by atoms with E-state index in [2.05, 4.69) is 10.2 Å². The van der Waals surface area contributed by atoms with Crippen molar-refractivity contribution >= 4 is 11.9 Å². The van der Waals surface area contributed by atoms with Crippen LogP contribution in [0, 0.1) is 11.8 Å². The third kappa shape index (κ3) is 4.24. The van der Waals surface area contributed by atoms with E-state index in [4.69, 9.17) is 4.74 Å². The van der Waals surface area contributed by atoms with E-state index in [1.54, 1.807) is 12.1 Å². The predicted octanol–water partition coefficient (Wildman–Crippen LogP) is 4.12. The van der Waals surface area contributed by atoms with E-state index in [1.807, 2.05) is 12.1 Å². The summed E-state index contributed by atoms with van der Waals surface area (Å²) in [5.41, 5.74) is 1.10. The highest BCUT2D eigenvalue weighted by atomic mass is 19.4. The van der Waals surface area contributed by atoms with Crippen LogP contribution in [0.4, 0.5) is 13.2 Å². The fourth-order valence-corrected chi connectivity index (χ4v) is 5.07. The molecule has 0 bridgehead atoms. The zero-order valence-electron chi connectivity index (χ0n) is 18.2. The molecule has 2 aromatic rings. The van der Waals surface area contributed by atoms with Crippen LogP contribution >= 0.6 is 0 Å². The number of ether oxygens (including phenoxy) is 1. The predicted molar refractivity (Wildman–Crippen MR) is 114 cm³/mol. The van der Waals surface area contributed by atoms with Crippen LogP contribution in [0.2, 0.25) is 0 Å². The molecule has 1 heterocycles. The molecule has 1 N–H and O–H groups in total. The lowest BCUT2D eigenvalue weighted by molar-refractivity contribution is -0.137. The zero-order valence-corrected chi connectivity index (χ0v) is 18.2. The van der Waals surface area contributed by atoms with Crippen molar-refractivity contribution in [2.24, 2.45) is 11.8 Å². The number of hydrogen-bond acceptors (Lipinski definition) is 4. The van der Waals surface area contributed by atoms with Crippen molar-refractivity contribution < 1.29 is 27.5 Å². The maximum Gasteiger partial charge on any atom is 0.416 e. The van der Waals surface area contributed by atoms with Crippen LogP contribution < -0.4 is 5.32 Å². The van der Waals surface area contributed by atoms with Crippen LogP contribution in [0.3, 0.4) is 0 Å². The van der Waals surface area contributed by atoms with Gasteiger partial charge in [0.1, 0.15) is 0 Å². The standard InChI is InChI=1S/C25H25F3N2O3/c1-33-23(32)16-4-8-18(9-5-16)24(10-11-24)29-22(31)21-20-12-17(20)14-30(21)13-15-2-6-19(7-3-15)25(26,27)28/h2-9,17,20-21H,10-14H2,1H3,(H,29,31). The number of carbonyl (C=O) groups excluding carboxylic acids is 2. The van der Waals surface area contributed by atoms with Crippen LogP contribution in [0.1, 0.15) is 46.3 Å². The van der Waals surface area contributed by atoms with Crippen LogP contribution in [-0.4, -0.2) is 36.5 Å². The maximum absolute atomic E-state index is 13.3. The van der Waals surface area contributed by atoms with Gasteiger partial charge in [-0.15, -0.1) is 0 Å². The van der Waals surface area contributed by atoms with Crippen molar-refractivity contribution in [3.8, 4) is 0 Å². The average molecular weight is 458 g/mol. The monoisotopic (exact) mass is 458 g/mol.